The lowest BCUT2D eigenvalue weighted by molar-refractivity contribution is 0.0303. The molecule has 0 aromatic carbocycles. The smallest absolute Gasteiger partial charge is 0.0195 e. The van der Waals surface area contributed by atoms with Crippen LogP contribution in [0.2, 0.25) is 0 Å². The molecule has 0 radical (unpaired) electrons. The van der Waals surface area contributed by atoms with Crippen molar-refractivity contribution in [1.82, 2.24) is 15.1 Å². The molecule has 2 rings (SSSR count). The number of piperazine rings is 1. The number of likely N-dealkylation sites (N-methyl/N-ethyl adjacent to an activating group) is 1. The topological polar surface area (TPSA) is 18.5 Å². The van der Waals surface area contributed by atoms with Gasteiger partial charge < -0.3 is 5.32 Å². The molecule has 1 N–H and O–H groups in total. The summed E-state index contributed by atoms with van der Waals surface area (Å²) in [6.45, 7) is 14.6. The molecule has 0 amide bonds. The average Bonchev–Trinajstić information content (AvgIpc) is 2.39. The van der Waals surface area contributed by atoms with Crippen molar-refractivity contribution in [1.29, 1.82) is 0 Å². The second kappa shape index (κ2) is 7.24. The predicted molar refractivity (Wildman–Crippen MR) is 87.1 cm³/mol. The minimum Gasteiger partial charge on any atom is -0.319 e. The molecule has 2 fully saturated rings. The van der Waals surface area contributed by atoms with Crippen LogP contribution in [0.25, 0.3) is 0 Å². The highest BCUT2D eigenvalue weighted by atomic mass is 15.3. The molecule has 3 heteroatoms. The molecule has 0 aromatic heterocycles. The quantitative estimate of drug-likeness (QED) is 0.835. The van der Waals surface area contributed by atoms with Crippen LogP contribution in [-0.2, 0) is 0 Å². The molecule has 1 saturated heterocycles. The summed E-state index contributed by atoms with van der Waals surface area (Å²) in [5, 5.41) is 3.48. The van der Waals surface area contributed by atoms with Crippen molar-refractivity contribution in [3.8, 4) is 0 Å². The van der Waals surface area contributed by atoms with Gasteiger partial charge in [-0.05, 0) is 44.7 Å². The highest BCUT2D eigenvalue weighted by molar-refractivity contribution is 4.91. The monoisotopic (exact) mass is 281 g/mol. The Morgan fingerprint density at radius 3 is 2.65 bits per heavy atom. The zero-order chi connectivity index (χ0) is 14.6. The molecule has 1 aliphatic carbocycles. The van der Waals surface area contributed by atoms with E-state index in [0.29, 0.717) is 5.41 Å². The normalized spacial score (nSPS) is 37.2. The molecule has 3 atom stereocenters. The van der Waals surface area contributed by atoms with Crippen LogP contribution in [0, 0.1) is 11.3 Å². The van der Waals surface area contributed by atoms with Crippen molar-refractivity contribution < 1.29 is 0 Å². The minimum atomic E-state index is 0.528. The largest absolute Gasteiger partial charge is 0.319 e. The lowest BCUT2D eigenvalue weighted by Gasteiger charge is -2.47. The van der Waals surface area contributed by atoms with Crippen LogP contribution in [-0.4, -0.2) is 62.2 Å². The molecular formula is C17H35N3. The summed E-state index contributed by atoms with van der Waals surface area (Å²) >= 11 is 0. The van der Waals surface area contributed by atoms with Gasteiger partial charge in [-0.1, -0.05) is 26.7 Å². The molecule has 1 saturated carbocycles. The maximum Gasteiger partial charge on any atom is 0.0195 e. The molecule has 0 bridgehead atoms. The van der Waals surface area contributed by atoms with Crippen LogP contribution in [0.5, 0.6) is 0 Å². The van der Waals surface area contributed by atoms with Gasteiger partial charge in [-0.2, -0.15) is 0 Å². The summed E-state index contributed by atoms with van der Waals surface area (Å²) in [6.07, 6.45) is 5.69. The van der Waals surface area contributed by atoms with Crippen LogP contribution in [0.3, 0.4) is 0 Å². The summed E-state index contributed by atoms with van der Waals surface area (Å²) in [7, 11) is 2.12. The second-order valence-corrected chi connectivity index (χ2v) is 7.44. The third kappa shape index (κ3) is 3.96. The molecule has 1 heterocycles. The fourth-order valence-electron chi connectivity index (χ4n) is 4.66. The maximum absolute atomic E-state index is 3.48. The Hall–Kier alpha value is -0.120. The van der Waals surface area contributed by atoms with Crippen LogP contribution < -0.4 is 5.32 Å². The van der Waals surface area contributed by atoms with E-state index in [1.165, 1.54) is 65.0 Å². The van der Waals surface area contributed by atoms with E-state index in [0.717, 1.165) is 12.0 Å². The SMILES string of the molecule is CCN1CCN(CC2(CNC)CCCC(C)C2)CC1C. The Labute approximate surface area is 126 Å². The van der Waals surface area contributed by atoms with Gasteiger partial charge in [0.15, 0.2) is 0 Å². The van der Waals surface area contributed by atoms with E-state index in [-0.39, 0.29) is 0 Å². The first kappa shape index (κ1) is 16.3. The van der Waals surface area contributed by atoms with Crippen molar-refractivity contribution in [2.75, 3.05) is 46.3 Å². The van der Waals surface area contributed by atoms with E-state index in [2.05, 4.69) is 42.9 Å². The van der Waals surface area contributed by atoms with Gasteiger partial charge in [-0.3, -0.25) is 9.80 Å². The van der Waals surface area contributed by atoms with Gasteiger partial charge in [0, 0.05) is 38.8 Å². The molecule has 2 aliphatic rings. The van der Waals surface area contributed by atoms with Crippen molar-refractivity contribution in [2.45, 2.75) is 52.5 Å². The maximum atomic E-state index is 3.48. The number of hydrogen-bond acceptors (Lipinski definition) is 3. The summed E-state index contributed by atoms with van der Waals surface area (Å²) in [5.74, 6) is 0.909. The highest BCUT2D eigenvalue weighted by Crippen LogP contribution is 2.39. The fourth-order valence-corrected chi connectivity index (χ4v) is 4.66. The molecular weight excluding hydrogens is 246 g/mol. The standard InChI is InChI=1S/C17H35N3/c1-5-20-10-9-19(12-16(20)3)14-17(13-18-4)8-6-7-15(2)11-17/h15-16,18H,5-14H2,1-4H3. The van der Waals surface area contributed by atoms with Gasteiger partial charge in [0.25, 0.3) is 0 Å². The summed E-state index contributed by atoms with van der Waals surface area (Å²) in [4.78, 5) is 5.36. The molecule has 1 aliphatic heterocycles. The Bertz CT molecular complexity index is 290. The average molecular weight is 281 g/mol. The van der Waals surface area contributed by atoms with Crippen LogP contribution in [0.15, 0.2) is 0 Å². The van der Waals surface area contributed by atoms with Crippen molar-refractivity contribution in [2.24, 2.45) is 11.3 Å². The number of hydrogen-bond donors (Lipinski definition) is 1. The van der Waals surface area contributed by atoms with Gasteiger partial charge in [0.05, 0.1) is 0 Å². The molecule has 20 heavy (non-hydrogen) atoms. The van der Waals surface area contributed by atoms with Gasteiger partial charge in [-0.15, -0.1) is 0 Å². The first-order chi connectivity index (χ1) is 9.58. The lowest BCUT2D eigenvalue weighted by atomic mass is 9.69. The lowest BCUT2D eigenvalue weighted by Crippen LogP contribution is -2.55. The number of nitrogens with zero attached hydrogens (tertiary/aromatic N) is 2. The summed E-state index contributed by atoms with van der Waals surface area (Å²) in [6, 6.07) is 0.724. The Kier molecular flexibility index (Phi) is 5.88. The molecule has 3 nitrogen and oxygen atoms in total. The van der Waals surface area contributed by atoms with Gasteiger partial charge in [0.2, 0.25) is 0 Å². The van der Waals surface area contributed by atoms with Gasteiger partial charge in [-0.25, -0.2) is 0 Å². The number of nitrogens with one attached hydrogen (secondary N) is 1. The van der Waals surface area contributed by atoms with Gasteiger partial charge in [0.1, 0.15) is 0 Å². The summed E-state index contributed by atoms with van der Waals surface area (Å²) in [5.41, 5.74) is 0.528. The Morgan fingerprint density at radius 2 is 2.05 bits per heavy atom. The van der Waals surface area contributed by atoms with E-state index >= 15 is 0 Å². The first-order valence-corrected chi connectivity index (χ1v) is 8.69. The Balaban J connectivity index is 1.95. The molecule has 0 spiro atoms. The Morgan fingerprint density at radius 1 is 1.25 bits per heavy atom. The van der Waals surface area contributed by atoms with E-state index in [4.69, 9.17) is 0 Å². The van der Waals surface area contributed by atoms with E-state index < -0.39 is 0 Å². The third-order valence-electron chi connectivity index (χ3n) is 5.55. The minimum absolute atomic E-state index is 0.528. The van der Waals surface area contributed by atoms with Crippen LogP contribution >= 0.6 is 0 Å². The highest BCUT2D eigenvalue weighted by Gasteiger charge is 2.37. The zero-order valence-electron chi connectivity index (χ0n) is 14.1. The molecule has 3 unspecified atom stereocenters. The fraction of sp³-hybridized carbons (Fsp3) is 1.00. The van der Waals surface area contributed by atoms with Crippen molar-refractivity contribution >= 4 is 0 Å². The second-order valence-electron chi connectivity index (χ2n) is 7.44. The van der Waals surface area contributed by atoms with Crippen molar-refractivity contribution in [3.63, 3.8) is 0 Å². The predicted octanol–water partition coefficient (Wildman–Crippen LogP) is 2.43. The van der Waals surface area contributed by atoms with Crippen LogP contribution in [0.4, 0.5) is 0 Å². The van der Waals surface area contributed by atoms with E-state index in [9.17, 15) is 0 Å². The first-order valence-electron chi connectivity index (χ1n) is 8.69. The third-order valence-corrected chi connectivity index (χ3v) is 5.55. The van der Waals surface area contributed by atoms with Crippen molar-refractivity contribution in [3.05, 3.63) is 0 Å². The molecule has 0 aromatic rings. The number of rotatable bonds is 5. The van der Waals surface area contributed by atoms with E-state index in [1.54, 1.807) is 0 Å². The van der Waals surface area contributed by atoms with E-state index in [1.807, 2.05) is 0 Å². The van der Waals surface area contributed by atoms with Gasteiger partial charge >= 0.3 is 0 Å². The molecule has 118 valence electrons. The summed E-state index contributed by atoms with van der Waals surface area (Å²) < 4.78 is 0. The van der Waals surface area contributed by atoms with Crippen LogP contribution in [0.1, 0.15) is 46.5 Å². The zero-order valence-corrected chi connectivity index (χ0v) is 14.1.